The second kappa shape index (κ2) is 5.12. The van der Waals surface area contributed by atoms with Crippen LogP contribution in [-0.2, 0) is 4.79 Å². The molecule has 18 heavy (non-hydrogen) atoms. The van der Waals surface area contributed by atoms with Crippen molar-refractivity contribution in [3.8, 4) is 0 Å². The molecule has 0 aliphatic heterocycles. The molecule has 5 nitrogen and oxygen atoms in total. The van der Waals surface area contributed by atoms with Crippen LogP contribution in [0, 0.1) is 11.4 Å². The van der Waals surface area contributed by atoms with Crippen molar-refractivity contribution in [2.24, 2.45) is 5.41 Å². The SMILES string of the molecule is CC(C)(C)[C@H](NC(=O)c1ccnc(F)c1)C(=O)O. The van der Waals surface area contributed by atoms with Gasteiger partial charge < -0.3 is 10.4 Å². The number of carbonyl (C=O) groups excluding carboxylic acids is 1. The van der Waals surface area contributed by atoms with Gasteiger partial charge in [-0.3, -0.25) is 4.79 Å². The van der Waals surface area contributed by atoms with Gasteiger partial charge in [0, 0.05) is 17.8 Å². The summed E-state index contributed by atoms with van der Waals surface area (Å²) in [5.41, 5.74) is -0.606. The van der Waals surface area contributed by atoms with E-state index in [-0.39, 0.29) is 5.56 Å². The minimum Gasteiger partial charge on any atom is -0.480 e. The van der Waals surface area contributed by atoms with Gasteiger partial charge >= 0.3 is 5.97 Å². The van der Waals surface area contributed by atoms with E-state index in [9.17, 15) is 14.0 Å². The number of hydrogen-bond acceptors (Lipinski definition) is 3. The summed E-state index contributed by atoms with van der Waals surface area (Å²) in [6.45, 7) is 5.08. The van der Waals surface area contributed by atoms with Crippen LogP contribution in [0.2, 0.25) is 0 Å². The van der Waals surface area contributed by atoms with Gasteiger partial charge in [0.2, 0.25) is 5.95 Å². The monoisotopic (exact) mass is 254 g/mol. The first-order valence-electron chi connectivity index (χ1n) is 5.37. The van der Waals surface area contributed by atoms with Gasteiger partial charge in [0.05, 0.1) is 0 Å². The molecule has 0 saturated carbocycles. The van der Waals surface area contributed by atoms with E-state index in [1.54, 1.807) is 20.8 Å². The lowest BCUT2D eigenvalue weighted by Crippen LogP contribution is -2.49. The number of nitrogens with one attached hydrogen (secondary N) is 1. The predicted molar refractivity (Wildman–Crippen MR) is 62.5 cm³/mol. The molecular formula is C12H15FN2O3. The zero-order chi connectivity index (χ0) is 13.9. The van der Waals surface area contributed by atoms with E-state index in [4.69, 9.17) is 5.11 Å². The maximum absolute atomic E-state index is 12.9. The van der Waals surface area contributed by atoms with Crippen LogP contribution < -0.4 is 5.32 Å². The van der Waals surface area contributed by atoms with Crippen molar-refractivity contribution >= 4 is 11.9 Å². The van der Waals surface area contributed by atoms with E-state index in [1.165, 1.54) is 6.07 Å². The van der Waals surface area contributed by atoms with Crippen LogP contribution in [0.5, 0.6) is 0 Å². The highest BCUT2D eigenvalue weighted by Crippen LogP contribution is 2.19. The molecule has 0 aromatic carbocycles. The number of pyridine rings is 1. The van der Waals surface area contributed by atoms with E-state index in [0.717, 1.165) is 12.3 Å². The summed E-state index contributed by atoms with van der Waals surface area (Å²) in [7, 11) is 0. The standard InChI is InChI=1S/C12H15FN2O3/c1-12(2,3)9(11(17)18)15-10(16)7-4-5-14-8(13)6-7/h4-6,9H,1-3H3,(H,15,16)(H,17,18)/t9-/m1/s1. The Balaban J connectivity index is 2.89. The van der Waals surface area contributed by atoms with Crippen LogP contribution in [0.4, 0.5) is 4.39 Å². The van der Waals surface area contributed by atoms with Crippen LogP contribution in [0.25, 0.3) is 0 Å². The van der Waals surface area contributed by atoms with Gasteiger partial charge in [-0.25, -0.2) is 9.78 Å². The number of carboxylic acids is 1. The summed E-state index contributed by atoms with van der Waals surface area (Å²) >= 11 is 0. The van der Waals surface area contributed by atoms with Crippen LogP contribution in [0.15, 0.2) is 18.3 Å². The van der Waals surface area contributed by atoms with Gasteiger partial charge in [-0.05, 0) is 11.5 Å². The van der Waals surface area contributed by atoms with Gasteiger partial charge in [0.25, 0.3) is 5.91 Å². The number of nitrogens with zero attached hydrogens (tertiary/aromatic N) is 1. The summed E-state index contributed by atoms with van der Waals surface area (Å²) in [5, 5.41) is 11.4. The number of amides is 1. The molecule has 1 heterocycles. The Morgan fingerprint density at radius 2 is 2.06 bits per heavy atom. The van der Waals surface area contributed by atoms with Crippen LogP contribution in [0.3, 0.4) is 0 Å². The van der Waals surface area contributed by atoms with Gasteiger partial charge in [-0.15, -0.1) is 0 Å². The van der Waals surface area contributed by atoms with E-state index >= 15 is 0 Å². The third-order valence-electron chi connectivity index (χ3n) is 2.38. The fraction of sp³-hybridized carbons (Fsp3) is 0.417. The molecule has 0 spiro atoms. The summed E-state index contributed by atoms with van der Waals surface area (Å²) in [4.78, 5) is 26.2. The average molecular weight is 254 g/mol. The Hall–Kier alpha value is -1.98. The molecular weight excluding hydrogens is 239 g/mol. The molecule has 1 aromatic heterocycles. The fourth-order valence-corrected chi connectivity index (χ4v) is 1.41. The number of aliphatic carboxylic acids is 1. The highest BCUT2D eigenvalue weighted by Gasteiger charge is 2.32. The maximum Gasteiger partial charge on any atom is 0.326 e. The molecule has 1 rings (SSSR count). The molecule has 0 fully saturated rings. The number of halogens is 1. The number of carboxylic acid groups (broad SMARTS) is 1. The van der Waals surface area contributed by atoms with Crippen molar-refractivity contribution in [1.82, 2.24) is 10.3 Å². The number of aromatic nitrogens is 1. The quantitative estimate of drug-likeness (QED) is 0.800. The van der Waals surface area contributed by atoms with Crippen molar-refractivity contribution < 1.29 is 19.1 Å². The normalized spacial score (nSPS) is 12.9. The van der Waals surface area contributed by atoms with Crippen molar-refractivity contribution in [2.75, 3.05) is 0 Å². The Kier molecular flexibility index (Phi) is 4.00. The molecule has 0 saturated heterocycles. The van der Waals surface area contributed by atoms with Crippen molar-refractivity contribution in [3.05, 3.63) is 29.8 Å². The fourth-order valence-electron chi connectivity index (χ4n) is 1.41. The van der Waals surface area contributed by atoms with Crippen molar-refractivity contribution in [2.45, 2.75) is 26.8 Å². The first-order valence-corrected chi connectivity index (χ1v) is 5.37. The van der Waals surface area contributed by atoms with Crippen LogP contribution in [0.1, 0.15) is 31.1 Å². The molecule has 1 amide bonds. The minimum absolute atomic E-state index is 0.0398. The Morgan fingerprint density at radius 1 is 1.44 bits per heavy atom. The van der Waals surface area contributed by atoms with E-state index < -0.39 is 29.3 Å². The Labute approximate surface area is 104 Å². The molecule has 1 aromatic rings. The predicted octanol–water partition coefficient (Wildman–Crippen LogP) is 1.45. The smallest absolute Gasteiger partial charge is 0.326 e. The highest BCUT2D eigenvalue weighted by molar-refractivity contribution is 5.96. The average Bonchev–Trinajstić information content (AvgIpc) is 2.23. The lowest BCUT2D eigenvalue weighted by Gasteiger charge is -2.27. The molecule has 1 atom stereocenters. The third-order valence-corrected chi connectivity index (χ3v) is 2.38. The zero-order valence-electron chi connectivity index (χ0n) is 10.4. The van der Waals surface area contributed by atoms with E-state index in [1.807, 2.05) is 0 Å². The van der Waals surface area contributed by atoms with Gasteiger partial charge in [-0.1, -0.05) is 20.8 Å². The number of rotatable bonds is 3. The largest absolute Gasteiger partial charge is 0.480 e. The summed E-state index contributed by atoms with van der Waals surface area (Å²) in [6.07, 6.45) is 1.15. The number of hydrogen-bond donors (Lipinski definition) is 2. The zero-order valence-corrected chi connectivity index (χ0v) is 10.4. The van der Waals surface area contributed by atoms with Gasteiger partial charge in [-0.2, -0.15) is 4.39 Å². The molecule has 0 radical (unpaired) electrons. The minimum atomic E-state index is -1.13. The highest BCUT2D eigenvalue weighted by atomic mass is 19.1. The first-order chi connectivity index (χ1) is 8.21. The second-order valence-electron chi connectivity index (χ2n) is 4.98. The first kappa shape index (κ1) is 14.1. The van der Waals surface area contributed by atoms with Gasteiger partial charge in [0.15, 0.2) is 0 Å². The molecule has 0 aliphatic carbocycles. The number of carbonyl (C=O) groups is 2. The van der Waals surface area contributed by atoms with Crippen molar-refractivity contribution in [3.63, 3.8) is 0 Å². The molecule has 6 heteroatoms. The summed E-state index contributed by atoms with van der Waals surface area (Å²) < 4.78 is 12.9. The second-order valence-corrected chi connectivity index (χ2v) is 4.98. The van der Waals surface area contributed by atoms with Crippen LogP contribution in [-0.4, -0.2) is 28.0 Å². The molecule has 0 bridgehead atoms. The van der Waals surface area contributed by atoms with Gasteiger partial charge in [0.1, 0.15) is 6.04 Å². The molecule has 98 valence electrons. The third kappa shape index (κ3) is 3.51. The van der Waals surface area contributed by atoms with E-state index in [2.05, 4.69) is 10.3 Å². The Bertz CT molecular complexity index is 469. The lowest BCUT2D eigenvalue weighted by molar-refractivity contribution is -0.142. The van der Waals surface area contributed by atoms with E-state index in [0.29, 0.717) is 0 Å². The summed E-state index contributed by atoms with van der Waals surface area (Å²) in [5.74, 6) is -2.56. The summed E-state index contributed by atoms with van der Waals surface area (Å²) in [6, 6.07) is 1.22. The topological polar surface area (TPSA) is 79.3 Å². The molecule has 0 aliphatic rings. The molecule has 2 N–H and O–H groups in total. The molecule has 0 unspecified atom stereocenters. The lowest BCUT2D eigenvalue weighted by atomic mass is 9.86. The van der Waals surface area contributed by atoms with Crippen LogP contribution >= 0.6 is 0 Å². The van der Waals surface area contributed by atoms with Crippen molar-refractivity contribution in [1.29, 1.82) is 0 Å². The maximum atomic E-state index is 12.9. The Morgan fingerprint density at radius 3 is 2.50 bits per heavy atom.